The van der Waals surface area contributed by atoms with Crippen molar-refractivity contribution in [3.05, 3.63) is 41.3 Å². The first-order valence-electron chi connectivity index (χ1n) is 9.03. The average Bonchev–Trinajstić information content (AvgIpc) is 3.05. The molecule has 3 rings (SSSR count). The molecule has 1 fully saturated rings. The summed E-state index contributed by atoms with van der Waals surface area (Å²) in [6.45, 7) is 4.02. The average molecular weight is 404 g/mol. The summed E-state index contributed by atoms with van der Waals surface area (Å²) in [5, 5.41) is 13.4. The highest BCUT2D eigenvalue weighted by Crippen LogP contribution is 2.41. The number of sulfone groups is 1. The molecule has 0 amide bonds. The van der Waals surface area contributed by atoms with Crippen LogP contribution >= 0.6 is 0 Å². The van der Waals surface area contributed by atoms with Gasteiger partial charge in [0.2, 0.25) is 9.84 Å². The number of nitriles is 1. The first-order valence-corrected chi connectivity index (χ1v) is 10.5. The van der Waals surface area contributed by atoms with Crippen molar-refractivity contribution in [2.24, 2.45) is 0 Å². The highest BCUT2D eigenvalue weighted by atomic mass is 32.2. The molecule has 8 nitrogen and oxygen atoms in total. The van der Waals surface area contributed by atoms with Gasteiger partial charge in [0.1, 0.15) is 12.8 Å². The number of aromatic nitrogens is 3. The highest BCUT2D eigenvalue weighted by Gasteiger charge is 2.46. The van der Waals surface area contributed by atoms with Gasteiger partial charge < -0.3 is 9.47 Å². The SMILES string of the molecule is COCn1nc(CC#N)cc1C1CC(C)(S(=O)(=O)c2cccc(C)n2)CCO1. The first kappa shape index (κ1) is 20.5. The third kappa shape index (κ3) is 3.81. The van der Waals surface area contributed by atoms with Crippen LogP contribution < -0.4 is 0 Å². The molecule has 150 valence electrons. The van der Waals surface area contributed by atoms with Gasteiger partial charge in [-0.1, -0.05) is 6.07 Å². The quantitative estimate of drug-likeness (QED) is 0.727. The Morgan fingerprint density at radius 3 is 2.93 bits per heavy atom. The van der Waals surface area contributed by atoms with Crippen LogP contribution in [0.1, 0.15) is 43.0 Å². The molecule has 1 saturated heterocycles. The minimum Gasteiger partial charge on any atom is -0.372 e. The van der Waals surface area contributed by atoms with Crippen LogP contribution in [-0.4, -0.2) is 41.6 Å². The molecule has 0 spiro atoms. The molecular weight excluding hydrogens is 380 g/mol. The number of ether oxygens (including phenoxy) is 2. The van der Waals surface area contributed by atoms with E-state index in [-0.39, 0.29) is 24.6 Å². The van der Waals surface area contributed by atoms with E-state index >= 15 is 0 Å². The van der Waals surface area contributed by atoms with Crippen molar-refractivity contribution in [1.82, 2.24) is 14.8 Å². The normalized spacial score (nSPS) is 22.7. The van der Waals surface area contributed by atoms with Crippen molar-refractivity contribution in [1.29, 1.82) is 5.26 Å². The van der Waals surface area contributed by atoms with Gasteiger partial charge in [0.15, 0.2) is 5.03 Å². The van der Waals surface area contributed by atoms with Crippen LogP contribution in [0.3, 0.4) is 0 Å². The topological polar surface area (TPSA) is 107 Å². The molecule has 0 bridgehead atoms. The Hall–Kier alpha value is -2.28. The largest absolute Gasteiger partial charge is 0.372 e. The van der Waals surface area contributed by atoms with Crippen molar-refractivity contribution in [3.8, 4) is 6.07 Å². The zero-order chi connectivity index (χ0) is 20.4. The molecule has 1 aliphatic heterocycles. The Morgan fingerprint density at radius 1 is 1.46 bits per heavy atom. The lowest BCUT2D eigenvalue weighted by atomic mass is 9.94. The fraction of sp³-hybridized carbons (Fsp3) is 0.526. The summed E-state index contributed by atoms with van der Waals surface area (Å²) in [7, 11) is -2.11. The number of rotatable bonds is 6. The van der Waals surface area contributed by atoms with Crippen LogP contribution in [-0.2, 0) is 32.5 Å². The summed E-state index contributed by atoms with van der Waals surface area (Å²) in [4.78, 5) is 4.24. The second kappa shape index (κ2) is 7.99. The predicted molar refractivity (Wildman–Crippen MR) is 101 cm³/mol. The summed E-state index contributed by atoms with van der Waals surface area (Å²) in [6.07, 6.45) is 0.352. The van der Waals surface area contributed by atoms with Crippen molar-refractivity contribution < 1.29 is 17.9 Å². The zero-order valence-electron chi connectivity index (χ0n) is 16.3. The molecule has 0 radical (unpaired) electrons. The van der Waals surface area contributed by atoms with Crippen LogP contribution in [0, 0.1) is 18.3 Å². The van der Waals surface area contributed by atoms with Gasteiger partial charge in [-0.2, -0.15) is 10.4 Å². The van der Waals surface area contributed by atoms with Crippen LogP contribution in [0.2, 0.25) is 0 Å². The second-order valence-corrected chi connectivity index (χ2v) is 9.61. The Kier molecular flexibility index (Phi) is 5.84. The van der Waals surface area contributed by atoms with Crippen LogP contribution in [0.4, 0.5) is 0 Å². The molecule has 3 heterocycles. The maximum atomic E-state index is 13.3. The Morgan fingerprint density at radius 2 is 2.25 bits per heavy atom. The predicted octanol–water partition coefficient (Wildman–Crippen LogP) is 2.34. The standard InChI is InChI=1S/C19H24N4O4S/c1-14-5-4-6-18(21-14)28(24,25)19(2)8-10-27-17(12-19)16-11-15(7-9-20)22-23(16)13-26-3/h4-6,11,17H,7-8,10,12-13H2,1-3H3. The Labute approximate surface area is 165 Å². The number of nitrogens with zero attached hydrogens (tertiary/aromatic N) is 4. The van der Waals surface area contributed by atoms with E-state index in [1.807, 2.05) is 0 Å². The summed E-state index contributed by atoms with van der Waals surface area (Å²) in [5.41, 5.74) is 1.98. The molecule has 0 N–H and O–H groups in total. The van der Waals surface area contributed by atoms with E-state index in [1.54, 1.807) is 43.8 Å². The van der Waals surface area contributed by atoms with Crippen LogP contribution in [0.5, 0.6) is 0 Å². The van der Waals surface area contributed by atoms with E-state index in [4.69, 9.17) is 14.7 Å². The fourth-order valence-corrected chi connectivity index (χ4v) is 5.21. The van der Waals surface area contributed by atoms with Crippen molar-refractivity contribution in [2.75, 3.05) is 13.7 Å². The number of methoxy groups -OCH3 is 1. The summed E-state index contributed by atoms with van der Waals surface area (Å²) in [6, 6.07) is 8.88. The summed E-state index contributed by atoms with van der Waals surface area (Å²) < 4.78 is 38.4. The van der Waals surface area contributed by atoms with Gasteiger partial charge in [-0.05, 0) is 44.9 Å². The Bertz CT molecular complexity index is 996. The van der Waals surface area contributed by atoms with Gasteiger partial charge >= 0.3 is 0 Å². The number of aryl methyl sites for hydroxylation is 1. The maximum absolute atomic E-state index is 13.3. The molecule has 9 heteroatoms. The van der Waals surface area contributed by atoms with E-state index in [2.05, 4.69) is 16.2 Å². The van der Waals surface area contributed by atoms with E-state index < -0.39 is 20.7 Å². The van der Waals surface area contributed by atoms with Crippen molar-refractivity contribution in [2.45, 2.75) is 55.7 Å². The molecule has 2 unspecified atom stereocenters. The van der Waals surface area contributed by atoms with Crippen molar-refractivity contribution in [3.63, 3.8) is 0 Å². The van der Waals surface area contributed by atoms with Gasteiger partial charge in [-0.3, -0.25) is 0 Å². The van der Waals surface area contributed by atoms with Gasteiger partial charge in [-0.25, -0.2) is 18.1 Å². The van der Waals surface area contributed by atoms with Crippen molar-refractivity contribution >= 4 is 9.84 Å². The van der Waals surface area contributed by atoms with Crippen LogP contribution in [0.25, 0.3) is 0 Å². The van der Waals surface area contributed by atoms with E-state index in [9.17, 15) is 8.42 Å². The lowest BCUT2D eigenvalue weighted by Crippen LogP contribution is -2.42. The van der Waals surface area contributed by atoms with Gasteiger partial charge in [0.25, 0.3) is 0 Å². The zero-order valence-corrected chi connectivity index (χ0v) is 17.1. The molecular formula is C19H24N4O4S. The number of hydrogen-bond acceptors (Lipinski definition) is 7. The van der Waals surface area contributed by atoms with E-state index in [1.165, 1.54) is 6.07 Å². The number of pyridine rings is 1. The molecule has 0 aliphatic carbocycles. The lowest BCUT2D eigenvalue weighted by molar-refractivity contribution is -0.00922. The van der Waals surface area contributed by atoms with E-state index in [0.29, 0.717) is 30.1 Å². The van der Waals surface area contributed by atoms with Gasteiger partial charge in [0.05, 0.1) is 28.6 Å². The third-order valence-electron chi connectivity index (χ3n) is 5.06. The molecule has 2 aromatic heterocycles. The molecule has 0 saturated carbocycles. The maximum Gasteiger partial charge on any atom is 0.201 e. The smallest absolute Gasteiger partial charge is 0.201 e. The second-order valence-electron chi connectivity index (χ2n) is 7.20. The molecule has 28 heavy (non-hydrogen) atoms. The highest BCUT2D eigenvalue weighted by molar-refractivity contribution is 7.92. The molecule has 1 aliphatic rings. The first-order chi connectivity index (χ1) is 13.3. The third-order valence-corrected chi connectivity index (χ3v) is 7.50. The minimum absolute atomic E-state index is 0.0891. The number of hydrogen-bond donors (Lipinski definition) is 0. The molecule has 2 aromatic rings. The monoisotopic (exact) mass is 404 g/mol. The molecule has 0 aromatic carbocycles. The molecule has 2 atom stereocenters. The van der Waals surface area contributed by atoms with E-state index in [0.717, 1.165) is 0 Å². The van der Waals surface area contributed by atoms with Crippen LogP contribution in [0.15, 0.2) is 29.3 Å². The lowest BCUT2D eigenvalue weighted by Gasteiger charge is -2.37. The summed E-state index contributed by atoms with van der Waals surface area (Å²) >= 11 is 0. The summed E-state index contributed by atoms with van der Waals surface area (Å²) in [5.74, 6) is 0. The van der Waals surface area contributed by atoms with Gasteiger partial charge in [0, 0.05) is 19.4 Å². The Balaban J connectivity index is 1.95. The fourth-order valence-electron chi connectivity index (χ4n) is 3.46. The van der Waals surface area contributed by atoms with Gasteiger partial charge in [-0.15, -0.1) is 0 Å². The minimum atomic E-state index is -3.66.